The molecule has 3 heteroatoms. The van der Waals surface area contributed by atoms with Crippen molar-refractivity contribution < 1.29 is 13.6 Å². The van der Waals surface area contributed by atoms with Gasteiger partial charge in [0.15, 0.2) is 17.4 Å². The molecule has 0 amide bonds. The predicted octanol–water partition coefficient (Wildman–Crippen LogP) is 4.91. The van der Waals surface area contributed by atoms with E-state index in [9.17, 15) is 13.6 Å². The third-order valence-corrected chi connectivity index (χ3v) is 4.01. The van der Waals surface area contributed by atoms with Crippen molar-refractivity contribution >= 4 is 5.78 Å². The molecule has 0 heterocycles. The average molecular weight is 286 g/mol. The van der Waals surface area contributed by atoms with Crippen LogP contribution in [-0.4, -0.2) is 5.78 Å². The SMILES string of the molecule is CCCCCc1ccc2c(c1)C(=O)c1ccc(F)c(F)c1-2. The summed E-state index contributed by atoms with van der Waals surface area (Å²) >= 11 is 0. The Balaban J connectivity index is 2.02. The van der Waals surface area contributed by atoms with Crippen molar-refractivity contribution in [3.05, 3.63) is 58.7 Å². The number of carbonyl (C=O) groups excluding carboxylic acids is 1. The Kier molecular flexibility index (Phi) is 3.58. The van der Waals surface area contributed by atoms with Gasteiger partial charge in [0, 0.05) is 16.7 Å². The number of hydrogen-bond acceptors (Lipinski definition) is 1. The van der Waals surface area contributed by atoms with Crippen LogP contribution < -0.4 is 0 Å². The molecule has 1 aliphatic carbocycles. The Bertz CT molecular complexity index is 719. The van der Waals surface area contributed by atoms with Gasteiger partial charge in [-0.25, -0.2) is 8.78 Å². The molecule has 0 unspecified atom stereocenters. The Hall–Kier alpha value is -2.03. The zero-order valence-electron chi connectivity index (χ0n) is 11.9. The van der Waals surface area contributed by atoms with E-state index in [1.165, 1.54) is 6.07 Å². The predicted molar refractivity (Wildman–Crippen MR) is 78.5 cm³/mol. The zero-order valence-corrected chi connectivity index (χ0v) is 11.9. The van der Waals surface area contributed by atoms with Gasteiger partial charge in [-0.05, 0) is 42.2 Å². The van der Waals surface area contributed by atoms with Crippen molar-refractivity contribution in [2.24, 2.45) is 0 Å². The van der Waals surface area contributed by atoms with Gasteiger partial charge in [-0.3, -0.25) is 4.79 Å². The second kappa shape index (κ2) is 5.40. The van der Waals surface area contributed by atoms with Crippen LogP contribution in [0.1, 0.15) is 47.7 Å². The summed E-state index contributed by atoms with van der Waals surface area (Å²) in [5, 5.41) is 0. The molecule has 2 aromatic carbocycles. The standard InChI is InChI=1S/C18H16F2O/c1-2-3-4-5-11-6-7-12-14(10-11)18(21)13-8-9-15(19)17(20)16(12)13/h6-10H,2-5H2,1H3. The van der Waals surface area contributed by atoms with Gasteiger partial charge in [0.2, 0.25) is 0 Å². The highest BCUT2D eigenvalue weighted by Crippen LogP contribution is 2.39. The number of benzene rings is 2. The molecule has 0 aliphatic heterocycles. The molecule has 0 saturated heterocycles. The van der Waals surface area contributed by atoms with Crippen LogP contribution in [0.3, 0.4) is 0 Å². The Labute approximate surface area is 122 Å². The molecule has 2 aromatic rings. The Morgan fingerprint density at radius 3 is 2.48 bits per heavy atom. The summed E-state index contributed by atoms with van der Waals surface area (Å²) in [6, 6.07) is 7.85. The lowest BCUT2D eigenvalue weighted by Crippen LogP contribution is -1.97. The van der Waals surface area contributed by atoms with Crippen LogP contribution in [0.5, 0.6) is 0 Å². The molecular formula is C18H16F2O. The fraction of sp³-hybridized carbons (Fsp3) is 0.278. The first-order chi connectivity index (χ1) is 10.1. The summed E-state index contributed by atoms with van der Waals surface area (Å²) in [7, 11) is 0. The average Bonchev–Trinajstić information content (AvgIpc) is 2.77. The topological polar surface area (TPSA) is 17.1 Å². The summed E-state index contributed by atoms with van der Waals surface area (Å²) in [6.45, 7) is 2.14. The quantitative estimate of drug-likeness (QED) is 0.623. The van der Waals surface area contributed by atoms with Crippen LogP contribution in [0.4, 0.5) is 8.78 Å². The molecule has 21 heavy (non-hydrogen) atoms. The van der Waals surface area contributed by atoms with E-state index in [2.05, 4.69) is 6.92 Å². The van der Waals surface area contributed by atoms with E-state index in [0.29, 0.717) is 11.1 Å². The zero-order chi connectivity index (χ0) is 15.0. The molecule has 0 atom stereocenters. The summed E-state index contributed by atoms with van der Waals surface area (Å²) < 4.78 is 27.4. The molecule has 108 valence electrons. The van der Waals surface area contributed by atoms with Crippen molar-refractivity contribution in [1.29, 1.82) is 0 Å². The first-order valence-corrected chi connectivity index (χ1v) is 7.29. The van der Waals surface area contributed by atoms with E-state index in [1.54, 1.807) is 6.07 Å². The maximum absolute atomic E-state index is 14.0. The van der Waals surface area contributed by atoms with Crippen molar-refractivity contribution in [2.45, 2.75) is 32.6 Å². The van der Waals surface area contributed by atoms with Gasteiger partial charge >= 0.3 is 0 Å². The Morgan fingerprint density at radius 1 is 0.952 bits per heavy atom. The molecule has 0 fully saturated rings. The van der Waals surface area contributed by atoms with E-state index in [0.717, 1.165) is 37.3 Å². The van der Waals surface area contributed by atoms with Crippen LogP contribution in [0.2, 0.25) is 0 Å². The number of carbonyl (C=O) groups is 1. The number of halogens is 2. The highest BCUT2D eigenvalue weighted by molar-refractivity contribution is 6.21. The number of fused-ring (bicyclic) bond motifs is 3. The van der Waals surface area contributed by atoms with Crippen LogP contribution in [0.25, 0.3) is 11.1 Å². The van der Waals surface area contributed by atoms with Gasteiger partial charge in [0.1, 0.15) is 0 Å². The maximum atomic E-state index is 14.0. The van der Waals surface area contributed by atoms with Gasteiger partial charge in [-0.15, -0.1) is 0 Å². The monoisotopic (exact) mass is 286 g/mol. The van der Waals surface area contributed by atoms with Gasteiger partial charge in [0.05, 0.1) is 0 Å². The fourth-order valence-corrected chi connectivity index (χ4v) is 2.88. The highest BCUT2D eigenvalue weighted by atomic mass is 19.2. The summed E-state index contributed by atoms with van der Waals surface area (Å²) in [6.07, 6.45) is 4.26. The third-order valence-electron chi connectivity index (χ3n) is 4.01. The Morgan fingerprint density at radius 2 is 1.71 bits per heavy atom. The molecular weight excluding hydrogens is 270 g/mol. The van der Waals surface area contributed by atoms with Gasteiger partial charge in [-0.2, -0.15) is 0 Å². The molecule has 0 spiro atoms. The van der Waals surface area contributed by atoms with E-state index in [4.69, 9.17) is 0 Å². The lowest BCUT2D eigenvalue weighted by molar-refractivity contribution is 0.104. The highest BCUT2D eigenvalue weighted by Gasteiger charge is 2.30. The molecule has 0 aromatic heterocycles. The first kappa shape index (κ1) is 13.9. The molecule has 0 N–H and O–H groups in total. The second-order valence-electron chi connectivity index (χ2n) is 5.45. The molecule has 1 aliphatic rings. The number of ketones is 1. The molecule has 0 saturated carbocycles. The minimum atomic E-state index is -0.932. The normalized spacial score (nSPS) is 12.4. The van der Waals surface area contributed by atoms with Crippen molar-refractivity contribution in [3.8, 4) is 11.1 Å². The number of rotatable bonds is 4. The van der Waals surface area contributed by atoms with Gasteiger partial charge in [0.25, 0.3) is 0 Å². The number of aryl methyl sites for hydroxylation is 1. The van der Waals surface area contributed by atoms with E-state index in [-0.39, 0.29) is 16.9 Å². The van der Waals surface area contributed by atoms with E-state index in [1.807, 2.05) is 12.1 Å². The van der Waals surface area contributed by atoms with Gasteiger partial charge in [-0.1, -0.05) is 31.9 Å². The summed E-state index contributed by atoms with van der Waals surface area (Å²) in [4.78, 5) is 12.3. The molecule has 0 radical (unpaired) electrons. The van der Waals surface area contributed by atoms with E-state index >= 15 is 0 Å². The third kappa shape index (κ3) is 2.27. The maximum Gasteiger partial charge on any atom is 0.194 e. The molecule has 0 bridgehead atoms. The van der Waals surface area contributed by atoms with Crippen LogP contribution in [0.15, 0.2) is 30.3 Å². The molecule has 3 rings (SSSR count). The van der Waals surface area contributed by atoms with Crippen LogP contribution in [-0.2, 0) is 6.42 Å². The minimum Gasteiger partial charge on any atom is -0.289 e. The lowest BCUT2D eigenvalue weighted by Gasteiger charge is -2.05. The summed E-state index contributed by atoms with van der Waals surface area (Å²) in [5.74, 6) is -2.06. The van der Waals surface area contributed by atoms with Crippen LogP contribution >= 0.6 is 0 Å². The van der Waals surface area contributed by atoms with Crippen molar-refractivity contribution in [2.75, 3.05) is 0 Å². The first-order valence-electron chi connectivity index (χ1n) is 7.29. The van der Waals surface area contributed by atoms with Crippen molar-refractivity contribution in [3.63, 3.8) is 0 Å². The largest absolute Gasteiger partial charge is 0.289 e. The van der Waals surface area contributed by atoms with Gasteiger partial charge < -0.3 is 0 Å². The summed E-state index contributed by atoms with van der Waals surface area (Å²) in [5.41, 5.74) is 2.43. The fourth-order valence-electron chi connectivity index (χ4n) is 2.88. The number of unbranched alkanes of at least 4 members (excludes halogenated alkanes) is 2. The van der Waals surface area contributed by atoms with Crippen molar-refractivity contribution in [1.82, 2.24) is 0 Å². The van der Waals surface area contributed by atoms with Crippen LogP contribution in [0, 0.1) is 11.6 Å². The second-order valence-corrected chi connectivity index (χ2v) is 5.45. The molecule has 1 nitrogen and oxygen atoms in total. The minimum absolute atomic E-state index is 0.107. The number of hydrogen-bond donors (Lipinski definition) is 0. The van der Waals surface area contributed by atoms with E-state index < -0.39 is 11.6 Å². The smallest absolute Gasteiger partial charge is 0.194 e. The lowest BCUT2D eigenvalue weighted by atomic mass is 10.00.